The molecule has 2 aromatic rings. The molecule has 0 saturated heterocycles. The maximum absolute atomic E-state index is 13.8. The van der Waals surface area contributed by atoms with Gasteiger partial charge in [-0.15, -0.1) is 0 Å². The van der Waals surface area contributed by atoms with Crippen molar-refractivity contribution in [1.29, 1.82) is 0 Å². The molecule has 0 bridgehead atoms. The number of halogens is 1. The van der Waals surface area contributed by atoms with E-state index >= 15 is 0 Å². The first-order chi connectivity index (χ1) is 12.2. The molecule has 0 aliphatic rings. The van der Waals surface area contributed by atoms with Gasteiger partial charge in [0.15, 0.2) is 0 Å². The average Bonchev–Trinajstić information content (AvgIpc) is 2.55. The Labute approximate surface area is 153 Å². The molecule has 5 nitrogen and oxygen atoms in total. The third-order valence-electron chi connectivity index (χ3n) is 3.93. The Morgan fingerprint density at radius 2 is 1.92 bits per heavy atom. The first-order valence-corrected chi connectivity index (χ1v) is 8.61. The SMILES string of the molecule is CC(C)(C)NC(=O)c1cccnc1CC(O)C(N)Cc1ccccc1F. The molecule has 2 atom stereocenters. The number of hydrogen-bond donors (Lipinski definition) is 3. The van der Waals surface area contributed by atoms with Crippen LogP contribution in [0.1, 0.15) is 42.4 Å². The Kier molecular flexibility index (Phi) is 6.45. The summed E-state index contributed by atoms with van der Waals surface area (Å²) >= 11 is 0. The van der Waals surface area contributed by atoms with E-state index in [4.69, 9.17) is 5.73 Å². The van der Waals surface area contributed by atoms with Crippen LogP contribution in [-0.2, 0) is 12.8 Å². The van der Waals surface area contributed by atoms with Gasteiger partial charge < -0.3 is 16.2 Å². The van der Waals surface area contributed by atoms with Gasteiger partial charge in [-0.1, -0.05) is 18.2 Å². The molecule has 0 aliphatic carbocycles. The largest absolute Gasteiger partial charge is 0.391 e. The first kappa shape index (κ1) is 20.0. The van der Waals surface area contributed by atoms with E-state index < -0.39 is 12.1 Å². The number of pyridine rings is 1. The summed E-state index contributed by atoms with van der Waals surface area (Å²) in [4.78, 5) is 16.7. The van der Waals surface area contributed by atoms with Crippen LogP contribution >= 0.6 is 0 Å². The molecule has 1 heterocycles. The predicted molar refractivity (Wildman–Crippen MR) is 99.2 cm³/mol. The topological polar surface area (TPSA) is 88.2 Å². The highest BCUT2D eigenvalue weighted by Crippen LogP contribution is 2.15. The van der Waals surface area contributed by atoms with Crippen molar-refractivity contribution in [2.45, 2.75) is 51.3 Å². The number of carbonyl (C=O) groups is 1. The maximum Gasteiger partial charge on any atom is 0.253 e. The van der Waals surface area contributed by atoms with Crippen molar-refractivity contribution in [3.63, 3.8) is 0 Å². The zero-order chi connectivity index (χ0) is 19.3. The molecule has 26 heavy (non-hydrogen) atoms. The van der Waals surface area contributed by atoms with E-state index in [0.29, 0.717) is 16.8 Å². The van der Waals surface area contributed by atoms with E-state index in [1.165, 1.54) is 6.07 Å². The average molecular weight is 359 g/mol. The quantitative estimate of drug-likeness (QED) is 0.738. The van der Waals surface area contributed by atoms with Crippen molar-refractivity contribution in [3.8, 4) is 0 Å². The minimum Gasteiger partial charge on any atom is -0.391 e. The van der Waals surface area contributed by atoms with Gasteiger partial charge in [-0.2, -0.15) is 0 Å². The number of nitrogens with one attached hydrogen (secondary N) is 1. The number of aliphatic hydroxyl groups excluding tert-OH is 1. The summed E-state index contributed by atoms with van der Waals surface area (Å²) in [5, 5.41) is 13.3. The zero-order valence-corrected chi connectivity index (χ0v) is 15.4. The Morgan fingerprint density at radius 1 is 1.23 bits per heavy atom. The third-order valence-corrected chi connectivity index (χ3v) is 3.93. The Bertz CT molecular complexity index is 759. The number of rotatable bonds is 6. The van der Waals surface area contributed by atoms with Crippen molar-refractivity contribution in [2.75, 3.05) is 0 Å². The molecule has 4 N–H and O–H groups in total. The van der Waals surface area contributed by atoms with Crippen molar-refractivity contribution in [2.24, 2.45) is 5.73 Å². The third kappa shape index (κ3) is 5.61. The van der Waals surface area contributed by atoms with Crippen LogP contribution in [0, 0.1) is 5.82 Å². The fourth-order valence-electron chi connectivity index (χ4n) is 2.62. The molecule has 0 saturated carbocycles. The van der Waals surface area contributed by atoms with Crippen LogP contribution in [0.15, 0.2) is 42.6 Å². The van der Waals surface area contributed by atoms with Gasteiger partial charge in [0, 0.05) is 24.2 Å². The number of amides is 1. The van der Waals surface area contributed by atoms with Crippen LogP contribution in [0.25, 0.3) is 0 Å². The van der Waals surface area contributed by atoms with E-state index in [-0.39, 0.29) is 30.1 Å². The molecular weight excluding hydrogens is 333 g/mol. The lowest BCUT2D eigenvalue weighted by molar-refractivity contribution is 0.0916. The van der Waals surface area contributed by atoms with Crippen LogP contribution in [0.2, 0.25) is 0 Å². The number of benzene rings is 1. The van der Waals surface area contributed by atoms with E-state index in [1.807, 2.05) is 20.8 Å². The predicted octanol–water partition coefficient (Wildman–Crippen LogP) is 2.22. The molecule has 0 aliphatic heterocycles. The molecule has 0 spiro atoms. The van der Waals surface area contributed by atoms with Crippen LogP contribution in [-0.4, -0.2) is 33.7 Å². The van der Waals surface area contributed by atoms with Gasteiger partial charge in [-0.3, -0.25) is 9.78 Å². The van der Waals surface area contributed by atoms with E-state index in [2.05, 4.69) is 10.3 Å². The molecule has 2 unspecified atom stereocenters. The minimum atomic E-state index is -0.953. The standard InChI is InChI=1S/C20H26FN3O2/c1-20(2,3)24-19(26)14-8-6-10-23-17(14)12-18(25)16(22)11-13-7-4-5-9-15(13)21/h4-10,16,18,25H,11-12,22H2,1-3H3,(H,24,26). The summed E-state index contributed by atoms with van der Waals surface area (Å²) in [6.45, 7) is 5.67. The highest BCUT2D eigenvalue weighted by atomic mass is 19.1. The molecular formula is C20H26FN3O2. The summed E-state index contributed by atoms with van der Waals surface area (Å²) in [5.41, 5.74) is 6.98. The van der Waals surface area contributed by atoms with E-state index in [0.717, 1.165) is 0 Å². The molecule has 1 aromatic carbocycles. The van der Waals surface area contributed by atoms with Gasteiger partial charge in [0.1, 0.15) is 5.82 Å². The monoisotopic (exact) mass is 359 g/mol. The second kappa shape index (κ2) is 8.38. The first-order valence-electron chi connectivity index (χ1n) is 8.61. The summed E-state index contributed by atoms with van der Waals surface area (Å²) in [6.07, 6.45) is 0.928. The van der Waals surface area contributed by atoms with Gasteiger partial charge in [0.25, 0.3) is 5.91 Å². The second-order valence-electron chi connectivity index (χ2n) is 7.43. The Hall–Kier alpha value is -2.31. The van der Waals surface area contributed by atoms with E-state index in [1.54, 1.807) is 36.5 Å². The summed E-state index contributed by atoms with van der Waals surface area (Å²) < 4.78 is 13.8. The smallest absolute Gasteiger partial charge is 0.253 e. The van der Waals surface area contributed by atoms with E-state index in [9.17, 15) is 14.3 Å². The van der Waals surface area contributed by atoms with Gasteiger partial charge >= 0.3 is 0 Å². The summed E-state index contributed by atoms with van der Waals surface area (Å²) in [7, 11) is 0. The second-order valence-corrected chi connectivity index (χ2v) is 7.43. The van der Waals surface area contributed by atoms with Crippen molar-refractivity contribution in [1.82, 2.24) is 10.3 Å². The minimum absolute atomic E-state index is 0.114. The zero-order valence-electron chi connectivity index (χ0n) is 15.4. The number of hydrogen-bond acceptors (Lipinski definition) is 4. The Morgan fingerprint density at radius 3 is 2.58 bits per heavy atom. The van der Waals surface area contributed by atoms with Crippen LogP contribution < -0.4 is 11.1 Å². The van der Waals surface area contributed by atoms with Crippen molar-refractivity contribution >= 4 is 5.91 Å². The summed E-state index contributed by atoms with van der Waals surface area (Å²) in [6, 6.07) is 9.01. The lowest BCUT2D eigenvalue weighted by atomic mass is 9.96. The van der Waals surface area contributed by atoms with Gasteiger partial charge in [-0.05, 0) is 51.0 Å². The highest BCUT2D eigenvalue weighted by Gasteiger charge is 2.23. The van der Waals surface area contributed by atoms with Crippen LogP contribution in [0.5, 0.6) is 0 Å². The molecule has 0 radical (unpaired) electrons. The Balaban J connectivity index is 2.10. The van der Waals surface area contributed by atoms with Crippen LogP contribution in [0.4, 0.5) is 4.39 Å². The fraction of sp³-hybridized carbons (Fsp3) is 0.400. The van der Waals surface area contributed by atoms with Gasteiger partial charge in [0.05, 0.1) is 17.4 Å². The molecule has 2 rings (SSSR count). The number of aliphatic hydroxyl groups is 1. The maximum atomic E-state index is 13.8. The fourth-order valence-corrected chi connectivity index (χ4v) is 2.62. The molecule has 1 amide bonds. The van der Waals surface area contributed by atoms with Crippen molar-refractivity contribution in [3.05, 3.63) is 65.2 Å². The lowest BCUT2D eigenvalue weighted by Crippen LogP contribution is -2.42. The van der Waals surface area contributed by atoms with Crippen LogP contribution in [0.3, 0.4) is 0 Å². The number of nitrogens with two attached hydrogens (primary N) is 1. The number of aromatic nitrogens is 1. The number of nitrogens with zero attached hydrogens (tertiary/aromatic N) is 1. The van der Waals surface area contributed by atoms with Gasteiger partial charge in [0.2, 0.25) is 0 Å². The normalized spacial score (nSPS) is 13.9. The van der Waals surface area contributed by atoms with Gasteiger partial charge in [-0.25, -0.2) is 4.39 Å². The number of carbonyl (C=O) groups excluding carboxylic acids is 1. The molecule has 6 heteroatoms. The lowest BCUT2D eigenvalue weighted by Gasteiger charge is -2.23. The summed E-state index contributed by atoms with van der Waals surface area (Å²) in [5.74, 6) is -0.603. The van der Waals surface area contributed by atoms with Crippen molar-refractivity contribution < 1.29 is 14.3 Å². The molecule has 1 aromatic heterocycles. The molecule has 0 fully saturated rings. The highest BCUT2D eigenvalue weighted by molar-refractivity contribution is 5.95. The molecule has 140 valence electrons.